The van der Waals surface area contributed by atoms with Crippen molar-refractivity contribution in [3.05, 3.63) is 15.8 Å². The summed E-state index contributed by atoms with van der Waals surface area (Å²) in [4.78, 5) is 13.4. The summed E-state index contributed by atoms with van der Waals surface area (Å²) < 4.78 is 5.46. The molecule has 0 amide bonds. The van der Waals surface area contributed by atoms with Gasteiger partial charge < -0.3 is 10.5 Å². The minimum atomic E-state index is -0.211. The first kappa shape index (κ1) is 11.5. The Balaban J connectivity index is 1.96. The van der Waals surface area contributed by atoms with Gasteiger partial charge in [-0.25, -0.2) is 4.79 Å². The second-order valence-corrected chi connectivity index (χ2v) is 5.54. The van der Waals surface area contributed by atoms with E-state index in [1.54, 1.807) is 6.07 Å². The van der Waals surface area contributed by atoms with E-state index < -0.39 is 0 Å². The number of anilines is 1. The molecule has 0 aromatic carbocycles. The van der Waals surface area contributed by atoms with Gasteiger partial charge in [0.25, 0.3) is 0 Å². The van der Waals surface area contributed by atoms with Crippen LogP contribution in [-0.4, -0.2) is 12.1 Å². The quantitative estimate of drug-likeness (QED) is 0.807. The van der Waals surface area contributed by atoms with Crippen LogP contribution in [0.5, 0.6) is 0 Å². The normalized spacial score (nSPS) is 17.3. The molecule has 16 heavy (non-hydrogen) atoms. The number of nitrogen functional groups attached to an aromatic ring is 1. The predicted molar refractivity (Wildman–Crippen MR) is 65.8 cm³/mol. The number of aryl methyl sites for hydroxylation is 1. The van der Waals surface area contributed by atoms with Gasteiger partial charge in [0.15, 0.2) is 0 Å². The van der Waals surface area contributed by atoms with Gasteiger partial charge in [-0.1, -0.05) is 6.42 Å². The highest BCUT2D eigenvalue weighted by atomic mass is 32.1. The molecule has 88 valence electrons. The molecule has 4 heteroatoms. The highest BCUT2D eigenvalue weighted by Gasteiger charge is 2.20. The molecule has 1 aromatic rings. The summed E-state index contributed by atoms with van der Waals surface area (Å²) in [5, 5.41) is 0. The van der Waals surface area contributed by atoms with E-state index >= 15 is 0 Å². The molecule has 0 aliphatic heterocycles. The maximum absolute atomic E-state index is 11.8. The fourth-order valence-electron chi connectivity index (χ4n) is 1.99. The summed E-state index contributed by atoms with van der Waals surface area (Å²) in [5.41, 5.74) is 6.40. The van der Waals surface area contributed by atoms with Crippen molar-refractivity contribution in [2.75, 3.05) is 5.73 Å². The predicted octanol–water partition coefficient (Wildman–Crippen LogP) is 3.13. The molecule has 1 saturated carbocycles. The van der Waals surface area contributed by atoms with Gasteiger partial charge in [0.05, 0.1) is 0 Å². The first-order chi connectivity index (χ1) is 7.66. The molecule has 1 heterocycles. The van der Waals surface area contributed by atoms with Crippen molar-refractivity contribution in [2.45, 2.75) is 45.1 Å². The van der Waals surface area contributed by atoms with Crippen LogP contribution in [0.2, 0.25) is 0 Å². The van der Waals surface area contributed by atoms with Crippen molar-refractivity contribution in [3.63, 3.8) is 0 Å². The number of hydrogen-bond donors (Lipinski definition) is 1. The number of carbonyl (C=O) groups is 1. The van der Waals surface area contributed by atoms with Gasteiger partial charge in [-0.2, -0.15) is 0 Å². The van der Waals surface area contributed by atoms with Crippen LogP contribution in [0.3, 0.4) is 0 Å². The Bertz CT molecular complexity index is 361. The Morgan fingerprint density at radius 2 is 2.12 bits per heavy atom. The van der Waals surface area contributed by atoms with E-state index in [0.29, 0.717) is 10.6 Å². The van der Waals surface area contributed by atoms with Crippen molar-refractivity contribution < 1.29 is 9.53 Å². The third kappa shape index (κ3) is 2.55. The third-order valence-corrected chi connectivity index (χ3v) is 4.03. The number of ether oxygens (including phenoxy) is 1. The van der Waals surface area contributed by atoms with Gasteiger partial charge in [0, 0.05) is 10.6 Å². The first-order valence-corrected chi connectivity index (χ1v) is 6.55. The largest absolute Gasteiger partial charge is 0.458 e. The Morgan fingerprint density at radius 1 is 1.44 bits per heavy atom. The van der Waals surface area contributed by atoms with E-state index in [4.69, 9.17) is 10.5 Å². The number of thiophene rings is 1. The highest BCUT2D eigenvalue weighted by molar-refractivity contribution is 7.14. The minimum Gasteiger partial charge on any atom is -0.458 e. The fourth-order valence-corrected chi connectivity index (χ4v) is 2.81. The Labute approximate surface area is 99.6 Å². The molecule has 0 radical (unpaired) electrons. The highest BCUT2D eigenvalue weighted by Crippen LogP contribution is 2.26. The Hall–Kier alpha value is -1.03. The molecule has 0 unspecified atom stereocenters. The van der Waals surface area contributed by atoms with Gasteiger partial charge >= 0.3 is 5.97 Å². The van der Waals surface area contributed by atoms with Gasteiger partial charge in [-0.3, -0.25) is 0 Å². The Kier molecular flexibility index (Phi) is 3.49. The molecule has 0 spiro atoms. The molecule has 1 aliphatic rings. The van der Waals surface area contributed by atoms with E-state index in [0.717, 1.165) is 17.7 Å². The number of hydrogen-bond acceptors (Lipinski definition) is 4. The maximum atomic E-state index is 11.8. The van der Waals surface area contributed by atoms with Crippen LogP contribution in [-0.2, 0) is 4.74 Å². The molecule has 2 N–H and O–H groups in total. The summed E-state index contributed by atoms with van der Waals surface area (Å²) in [7, 11) is 0. The van der Waals surface area contributed by atoms with E-state index in [-0.39, 0.29) is 12.1 Å². The lowest BCUT2D eigenvalue weighted by molar-refractivity contribution is 0.0217. The van der Waals surface area contributed by atoms with Crippen molar-refractivity contribution in [1.82, 2.24) is 0 Å². The lowest BCUT2D eigenvalue weighted by Crippen LogP contribution is -2.20. The van der Waals surface area contributed by atoms with Gasteiger partial charge in [-0.15, -0.1) is 11.3 Å². The maximum Gasteiger partial charge on any atom is 0.348 e. The summed E-state index contributed by atoms with van der Waals surface area (Å²) >= 11 is 1.41. The molecule has 3 nitrogen and oxygen atoms in total. The second kappa shape index (κ2) is 4.87. The van der Waals surface area contributed by atoms with Gasteiger partial charge in [0.1, 0.15) is 11.0 Å². The van der Waals surface area contributed by atoms with Crippen LogP contribution in [0.1, 0.15) is 46.7 Å². The molecule has 1 aromatic heterocycles. The van der Waals surface area contributed by atoms with Crippen molar-refractivity contribution in [3.8, 4) is 0 Å². The number of nitrogens with two attached hydrogens (primary N) is 1. The summed E-state index contributed by atoms with van der Waals surface area (Å²) in [6.07, 6.45) is 5.73. The summed E-state index contributed by atoms with van der Waals surface area (Å²) in [6, 6.07) is 1.71. The standard InChI is InChI=1S/C12H17NO2S/c1-8-10(13)7-11(16-8)12(14)15-9-5-3-2-4-6-9/h7,9H,2-6,13H2,1H3. The number of carbonyl (C=O) groups excluding carboxylic acids is 1. The number of rotatable bonds is 2. The smallest absolute Gasteiger partial charge is 0.348 e. The molecule has 2 rings (SSSR count). The van der Waals surface area contributed by atoms with Crippen LogP contribution in [0.25, 0.3) is 0 Å². The van der Waals surface area contributed by atoms with Crippen LogP contribution in [0, 0.1) is 6.92 Å². The average molecular weight is 239 g/mol. The van der Waals surface area contributed by atoms with Crippen molar-refractivity contribution in [1.29, 1.82) is 0 Å². The van der Waals surface area contributed by atoms with Gasteiger partial charge in [-0.05, 0) is 38.7 Å². The van der Waals surface area contributed by atoms with Crippen LogP contribution in [0.15, 0.2) is 6.07 Å². The monoisotopic (exact) mass is 239 g/mol. The van der Waals surface area contributed by atoms with Crippen LogP contribution in [0.4, 0.5) is 5.69 Å². The average Bonchev–Trinajstić information content (AvgIpc) is 2.61. The Morgan fingerprint density at radius 3 is 2.69 bits per heavy atom. The van der Waals surface area contributed by atoms with E-state index in [9.17, 15) is 4.79 Å². The summed E-state index contributed by atoms with van der Waals surface area (Å²) in [6.45, 7) is 1.91. The molecule has 0 saturated heterocycles. The minimum absolute atomic E-state index is 0.116. The van der Waals surface area contributed by atoms with E-state index in [1.165, 1.54) is 30.6 Å². The zero-order valence-corrected chi connectivity index (χ0v) is 10.3. The van der Waals surface area contributed by atoms with Crippen LogP contribution < -0.4 is 5.73 Å². The van der Waals surface area contributed by atoms with E-state index in [1.807, 2.05) is 6.92 Å². The molecule has 1 aliphatic carbocycles. The third-order valence-electron chi connectivity index (χ3n) is 2.98. The molecule has 0 bridgehead atoms. The summed E-state index contributed by atoms with van der Waals surface area (Å²) in [5.74, 6) is -0.211. The zero-order valence-electron chi connectivity index (χ0n) is 9.49. The fraction of sp³-hybridized carbons (Fsp3) is 0.583. The second-order valence-electron chi connectivity index (χ2n) is 4.29. The molecular weight excluding hydrogens is 222 g/mol. The topological polar surface area (TPSA) is 52.3 Å². The molecular formula is C12H17NO2S. The van der Waals surface area contributed by atoms with Crippen molar-refractivity contribution in [2.24, 2.45) is 0 Å². The zero-order chi connectivity index (χ0) is 11.5. The first-order valence-electron chi connectivity index (χ1n) is 5.73. The van der Waals surface area contributed by atoms with Crippen LogP contribution >= 0.6 is 11.3 Å². The lowest BCUT2D eigenvalue weighted by atomic mass is 9.98. The van der Waals surface area contributed by atoms with E-state index in [2.05, 4.69) is 0 Å². The molecule has 0 atom stereocenters. The van der Waals surface area contributed by atoms with Crippen molar-refractivity contribution >= 4 is 23.0 Å². The molecule has 1 fully saturated rings. The van der Waals surface area contributed by atoms with Gasteiger partial charge in [0.2, 0.25) is 0 Å². The lowest BCUT2D eigenvalue weighted by Gasteiger charge is -2.21. The number of esters is 1. The SMILES string of the molecule is Cc1sc(C(=O)OC2CCCCC2)cc1N.